The zero-order valence-corrected chi connectivity index (χ0v) is 11.8. The fourth-order valence-corrected chi connectivity index (χ4v) is 2.21. The molecule has 6 nitrogen and oxygen atoms in total. The summed E-state index contributed by atoms with van der Waals surface area (Å²) in [5.41, 5.74) is 1.76. The number of carbonyl (C=O) groups excluding carboxylic acids is 1. The average molecular weight is 289 g/mol. The summed E-state index contributed by atoms with van der Waals surface area (Å²) in [6.07, 6.45) is 0.807. The van der Waals surface area contributed by atoms with Gasteiger partial charge in [0.05, 0.1) is 12.1 Å². The number of aryl methyl sites for hydroxylation is 2. The van der Waals surface area contributed by atoms with Gasteiger partial charge in [0, 0.05) is 11.6 Å². The predicted molar refractivity (Wildman–Crippen MR) is 72.5 cm³/mol. The SMILES string of the molecule is Cc1noc(C)c1CCC(=O)Oc1ccc2c(c1)OCO2. The summed E-state index contributed by atoms with van der Waals surface area (Å²) in [6.45, 7) is 3.88. The molecule has 110 valence electrons. The second-order valence-electron chi connectivity index (χ2n) is 4.79. The van der Waals surface area contributed by atoms with Crippen LogP contribution in [0.25, 0.3) is 0 Å². The highest BCUT2D eigenvalue weighted by Gasteiger charge is 2.16. The van der Waals surface area contributed by atoms with Crippen molar-refractivity contribution < 1.29 is 23.5 Å². The van der Waals surface area contributed by atoms with Crippen LogP contribution in [0.1, 0.15) is 23.4 Å². The highest BCUT2D eigenvalue weighted by atomic mass is 16.7. The van der Waals surface area contributed by atoms with E-state index in [2.05, 4.69) is 5.16 Å². The van der Waals surface area contributed by atoms with Crippen LogP contribution in [0, 0.1) is 13.8 Å². The van der Waals surface area contributed by atoms with Gasteiger partial charge in [0.25, 0.3) is 0 Å². The molecule has 0 aliphatic carbocycles. The molecule has 1 aromatic carbocycles. The number of esters is 1. The second-order valence-corrected chi connectivity index (χ2v) is 4.79. The van der Waals surface area contributed by atoms with Gasteiger partial charge in [0.2, 0.25) is 6.79 Å². The molecule has 0 spiro atoms. The van der Waals surface area contributed by atoms with Crippen LogP contribution in [-0.4, -0.2) is 17.9 Å². The lowest BCUT2D eigenvalue weighted by atomic mass is 10.1. The third-order valence-electron chi connectivity index (χ3n) is 3.34. The van der Waals surface area contributed by atoms with Gasteiger partial charge in [-0.1, -0.05) is 5.16 Å². The fraction of sp³-hybridized carbons (Fsp3) is 0.333. The van der Waals surface area contributed by atoms with Crippen molar-refractivity contribution >= 4 is 5.97 Å². The van der Waals surface area contributed by atoms with E-state index in [0.29, 0.717) is 23.7 Å². The average Bonchev–Trinajstić information content (AvgIpc) is 3.04. The molecular formula is C15H15NO5. The van der Waals surface area contributed by atoms with E-state index in [0.717, 1.165) is 17.0 Å². The van der Waals surface area contributed by atoms with Gasteiger partial charge in [-0.3, -0.25) is 4.79 Å². The van der Waals surface area contributed by atoms with Crippen molar-refractivity contribution in [2.24, 2.45) is 0 Å². The summed E-state index contributed by atoms with van der Waals surface area (Å²) in [5.74, 6) is 2.12. The lowest BCUT2D eigenvalue weighted by molar-refractivity contribution is -0.134. The first-order chi connectivity index (χ1) is 10.1. The maximum atomic E-state index is 11.9. The van der Waals surface area contributed by atoms with E-state index in [-0.39, 0.29) is 19.2 Å². The zero-order chi connectivity index (χ0) is 14.8. The Morgan fingerprint density at radius 1 is 1.29 bits per heavy atom. The van der Waals surface area contributed by atoms with E-state index >= 15 is 0 Å². The molecule has 0 saturated heterocycles. The maximum Gasteiger partial charge on any atom is 0.311 e. The molecule has 0 unspecified atom stereocenters. The van der Waals surface area contributed by atoms with Gasteiger partial charge >= 0.3 is 5.97 Å². The maximum absolute atomic E-state index is 11.9. The van der Waals surface area contributed by atoms with Crippen molar-refractivity contribution in [1.82, 2.24) is 5.16 Å². The van der Waals surface area contributed by atoms with Crippen LogP contribution in [0.15, 0.2) is 22.7 Å². The third kappa shape index (κ3) is 2.84. The predicted octanol–water partition coefficient (Wildman–Crippen LogP) is 2.56. The molecule has 0 bridgehead atoms. The Morgan fingerprint density at radius 3 is 2.86 bits per heavy atom. The normalized spacial score (nSPS) is 12.5. The molecular weight excluding hydrogens is 274 g/mol. The van der Waals surface area contributed by atoms with Gasteiger partial charge in [0.1, 0.15) is 11.5 Å². The van der Waals surface area contributed by atoms with Crippen molar-refractivity contribution in [2.75, 3.05) is 6.79 Å². The highest BCUT2D eigenvalue weighted by molar-refractivity contribution is 5.73. The molecule has 1 aromatic heterocycles. The number of fused-ring (bicyclic) bond motifs is 1. The van der Waals surface area contributed by atoms with Crippen molar-refractivity contribution in [3.8, 4) is 17.2 Å². The summed E-state index contributed by atoms with van der Waals surface area (Å²) in [5, 5.41) is 3.86. The van der Waals surface area contributed by atoms with Gasteiger partial charge in [-0.15, -0.1) is 0 Å². The molecule has 0 radical (unpaired) electrons. The first-order valence-electron chi connectivity index (χ1n) is 6.65. The largest absolute Gasteiger partial charge is 0.454 e. The summed E-state index contributed by atoms with van der Waals surface area (Å²) >= 11 is 0. The molecule has 21 heavy (non-hydrogen) atoms. The molecule has 1 aliphatic heterocycles. The lowest BCUT2D eigenvalue weighted by Gasteiger charge is -2.05. The van der Waals surface area contributed by atoms with Crippen LogP contribution >= 0.6 is 0 Å². The fourth-order valence-electron chi connectivity index (χ4n) is 2.21. The highest BCUT2D eigenvalue weighted by Crippen LogP contribution is 2.35. The number of rotatable bonds is 4. The standard InChI is InChI=1S/C15H15NO5/c1-9-12(10(2)21-16-9)4-6-15(17)20-11-3-5-13-14(7-11)19-8-18-13/h3,5,7H,4,6,8H2,1-2H3. The summed E-state index contributed by atoms with van der Waals surface area (Å²) in [4.78, 5) is 11.9. The van der Waals surface area contributed by atoms with E-state index in [4.69, 9.17) is 18.7 Å². The van der Waals surface area contributed by atoms with E-state index in [1.807, 2.05) is 13.8 Å². The molecule has 6 heteroatoms. The molecule has 0 amide bonds. The minimum atomic E-state index is -0.311. The Morgan fingerprint density at radius 2 is 2.10 bits per heavy atom. The van der Waals surface area contributed by atoms with Crippen LogP contribution in [0.5, 0.6) is 17.2 Å². The van der Waals surface area contributed by atoms with E-state index < -0.39 is 0 Å². The Labute approximate surface area is 121 Å². The minimum Gasteiger partial charge on any atom is -0.454 e. The number of hydrogen-bond acceptors (Lipinski definition) is 6. The van der Waals surface area contributed by atoms with Crippen LogP contribution in [0.4, 0.5) is 0 Å². The van der Waals surface area contributed by atoms with Crippen molar-refractivity contribution in [2.45, 2.75) is 26.7 Å². The topological polar surface area (TPSA) is 70.8 Å². The molecule has 1 aliphatic rings. The second kappa shape index (κ2) is 5.47. The van der Waals surface area contributed by atoms with Gasteiger partial charge in [-0.25, -0.2) is 0 Å². The summed E-state index contributed by atoms with van der Waals surface area (Å²) < 4.78 is 20.8. The van der Waals surface area contributed by atoms with Crippen LogP contribution in [0.2, 0.25) is 0 Å². The monoisotopic (exact) mass is 289 g/mol. The smallest absolute Gasteiger partial charge is 0.311 e. The number of aromatic nitrogens is 1. The van der Waals surface area contributed by atoms with Crippen LogP contribution in [0.3, 0.4) is 0 Å². The van der Waals surface area contributed by atoms with E-state index in [1.165, 1.54) is 0 Å². The molecule has 0 N–H and O–H groups in total. The Hall–Kier alpha value is -2.50. The van der Waals surface area contributed by atoms with E-state index in [1.54, 1.807) is 18.2 Å². The molecule has 2 aromatic rings. The van der Waals surface area contributed by atoms with Gasteiger partial charge < -0.3 is 18.7 Å². The Bertz CT molecular complexity index is 657. The number of nitrogens with zero attached hydrogens (tertiary/aromatic N) is 1. The first kappa shape index (κ1) is 13.5. The van der Waals surface area contributed by atoms with Crippen molar-refractivity contribution in [3.63, 3.8) is 0 Å². The number of benzene rings is 1. The minimum absolute atomic E-state index is 0.193. The van der Waals surface area contributed by atoms with Crippen molar-refractivity contribution in [1.29, 1.82) is 0 Å². The first-order valence-corrected chi connectivity index (χ1v) is 6.65. The van der Waals surface area contributed by atoms with Gasteiger partial charge in [0.15, 0.2) is 11.5 Å². The summed E-state index contributed by atoms with van der Waals surface area (Å²) in [6, 6.07) is 5.05. The third-order valence-corrected chi connectivity index (χ3v) is 3.34. The molecule has 2 heterocycles. The summed E-state index contributed by atoms with van der Waals surface area (Å²) in [7, 11) is 0. The molecule has 0 saturated carbocycles. The molecule has 0 fully saturated rings. The van der Waals surface area contributed by atoms with Gasteiger partial charge in [-0.2, -0.15) is 0 Å². The molecule has 0 atom stereocenters. The number of hydrogen-bond donors (Lipinski definition) is 0. The Balaban J connectivity index is 1.59. The van der Waals surface area contributed by atoms with Crippen molar-refractivity contribution in [3.05, 3.63) is 35.2 Å². The zero-order valence-electron chi connectivity index (χ0n) is 11.8. The number of ether oxygens (including phenoxy) is 3. The lowest BCUT2D eigenvalue weighted by Crippen LogP contribution is -2.09. The van der Waals surface area contributed by atoms with Gasteiger partial charge in [-0.05, 0) is 32.4 Å². The Kier molecular flexibility index (Phi) is 3.51. The number of carbonyl (C=O) groups is 1. The molecule has 3 rings (SSSR count). The van der Waals surface area contributed by atoms with Crippen LogP contribution < -0.4 is 14.2 Å². The quantitative estimate of drug-likeness (QED) is 0.636. The van der Waals surface area contributed by atoms with E-state index in [9.17, 15) is 4.79 Å². The van der Waals surface area contributed by atoms with Crippen LogP contribution in [-0.2, 0) is 11.2 Å².